The van der Waals surface area contributed by atoms with Crippen LogP contribution in [0.25, 0.3) is 0 Å². The van der Waals surface area contributed by atoms with E-state index in [9.17, 15) is 9.59 Å². The number of nitrogens with two attached hydrogens (primary N) is 1. The molecule has 0 aliphatic heterocycles. The van der Waals surface area contributed by atoms with Crippen molar-refractivity contribution in [1.82, 2.24) is 4.90 Å². The minimum absolute atomic E-state index is 0.0623. The van der Waals surface area contributed by atoms with Crippen molar-refractivity contribution in [2.24, 2.45) is 5.73 Å². The second-order valence-corrected chi connectivity index (χ2v) is 6.64. The van der Waals surface area contributed by atoms with Gasteiger partial charge in [0.25, 0.3) is 0 Å². The van der Waals surface area contributed by atoms with Crippen LogP contribution in [0.5, 0.6) is 0 Å². The highest BCUT2D eigenvalue weighted by atomic mass is 16.6. The minimum Gasteiger partial charge on any atom is -0.460 e. The lowest BCUT2D eigenvalue weighted by Crippen LogP contribution is -2.48. The fraction of sp³-hybridized carbons (Fsp3) is 0.867. The third-order valence-electron chi connectivity index (χ3n) is 3.59. The van der Waals surface area contributed by atoms with E-state index in [1.807, 2.05) is 0 Å². The van der Waals surface area contributed by atoms with Crippen LogP contribution in [0.4, 0.5) is 0 Å². The first kappa shape index (κ1) is 17.0. The number of ether oxygens (including phenoxy) is 1. The molecule has 20 heavy (non-hydrogen) atoms. The number of rotatable bonds is 4. The Kier molecular flexibility index (Phi) is 5.99. The Bertz CT molecular complexity index is 344. The number of hydrogen-bond donors (Lipinski definition) is 1. The zero-order valence-corrected chi connectivity index (χ0v) is 13.1. The third kappa shape index (κ3) is 5.49. The Hall–Kier alpha value is -1.10. The summed E-state index contributed by atoms with van der Waals surface area (Å²) in [6.45, 7) is 5.39. The number of amides is 1. The molecule has 0 aromatic heterocycles. The molecule has 1 aliphatic rings. The van der Waals surface area contributed by atoms with E-state index in [1.54, 1.807) is 32.7 Å². The molecule has 1 rings (SSSR count). The van der Waals surface area contributed by atoms with Crippen molar-refractivity contribution in [3.63, 3.8) is 0 Å². The SMILES string of the molecule is CN(C(=O)C(N)CC(=O)OC(C)(C)C)C1CCCCC1. The van der Waals surface area contributed by atoms with E-state index in [0.29, 0.717) is 0 Å². The zero-order chi connectivity index (χ0) is 15.3. The average molecular weight is 284 g/mol. The number of nitrogens with zero attached hydrogens (tertiary/aromatic N) is 1. The van der Waals surface area contributed by atoms with Gasteiger partial charge < -0.3 is 15.4 Å². The normalized spacial score (nSPS) is 18.4. The number of carbonyl (C=O) groups excluding carboxylic acids is 2. The molecule has 0 spiro atoms. The van der Waals surface area contributed by atoms with Gasteiger partial charge in [0, 0.05) is 13.1 Å². The van der Waals surface area contributed by atoms with E-state index in [1.165, 1.54) is 6.42 Å². The van der Waals surface area contributed by atoms with Crippen molar-refractivity contribution >= 4 is 11.9 Å². The lowest BCUT2D eigenvalue weighted by molar-refractivity contribution is -0.157. The average Bonchev–Trinajstić information content (AvgIpc) is 2.35. The molecular formula is C15H28N2O3. The van der Waals surface area contributed by atoms with Crippen LogP contribution in [-0.2, 0) is 14.3 Å². The van der Waals surface area contributed by atoms with Crippen molar-refractivity contribution in [3.05, 3.63) is 0 Å². The van der Waals surface area contributed by atoms with Crippen LogP contribution in [0.2, 0.25) is 0 Å². The zero-order valence-electron chi connectivity index (χ0n) is 13.1. The summed E-state index contributed by atoms with van der Waals surface area (Å²) in [6, 6.07) is -0.544. The van der Waals surface area contributed by atoms with Gasteiger partial charge >= 0.3 is 5.97 Å². The summed E-state index contributed by atoms with van der Waals surface area (Å²) in [5.74, 6) is -0.585. The van der Waals surface area contributed by atoms with Gasteiger partial charge in [-0.05, 0) is 33.6 Å². The van der Waals surface area contributed by atoms with Crippen LogP contribution in [0.3, 0.4) is 0 Å². The van der Waals surface area contributed by atoms with Crippen LogP contribution < -0.4 is 5.73 Å². The smallest absolute Gasteiger partial charge is 0.308 e. The maximum Gasteiger partial charge on any atom is 0.308 e. The van der Waals surface area contributed by atoms with E-state index in [2.05, 4.69) is 0 Å². The largest absolute Gasteiger partial charge is 0.460 e. The van der Waals surface area contributed by atoms with E-state index in [0.717, 1.165) is 25.7 Å². The van der Waals surface area contributed by atoms with Gasteiger partial charge in [-0.3, -0.25) is 9.59 Å². The summed E-state index contributed by atoms with van der Waals surface area (Å²) in [4.78, 5) is 25.7. The van der Waals surface area contributed by atoms with Gasteiger partial charge in [-0.1, -0.05) is 19.3 Å². The third-order valence-corrected chi connectivity index (χ3v) is 3.59. The first-order valence-electron chi connectivity index (χ1n) is 7.45. The molecule has 1 amide bonds. The molecule has 0 radical (unpaired) electrons. The van der Waals surface area contributed by atoms with Gasteiger partial charge in [-0.15, -0.1) is 0 Å². The monoisotopic (exact) mass is 284 g/mol. The topological polar surface area (TPSA) is 72.6 Å². The maximum absolute atomic E-state index is 12.2. The number of esters is 1. The highest BCUT2D eigenvalue weighted by Crippen LogP contribution is 2.22. The van der Waals surface area contributed by atoms with E-state index in [-0.39, 0.29) is 18.4 Å². The Labute approximate surface area is 121 Å². The molecule has 0 aromatic rings. The molecule has 0 heterocycles. The van der Waals surface area contributed by atoms with Gasteiger partial charge in [-0.2, -0.15) is 0 Å². The fourth-order valence-electron chi connectivity index (χ4n) is 2.56. The second kappa shape index (κ2) is 7.07. The van der Waals surface area contributed by atoms with Crippen molar-refractivity contribution < 1.29 is 14.3 Å². The number of hydrogen-bond acceptors (Lipinski definition) is 4. The van der Waals surface area contributed by atoms with Crippen molar-refractivity contribution in [3.8, 4) is 0 Å². The van der Waals surface area contributed by atoms with Gasteiger partial charge in [0.15, 0.2) is 0 Å². The first-order chi connectivity index (χ1) is 9.20. The predicted octanol–water partition coefficient (Wildman–Crippen LogP) is 1.84. The Morgan fingerprint density at radius 2 is 1.80 bits per heavy atom. The second-order valence-electron chi connectivity index (χ2n) is 6.64. The Balaban J connectivity index is 2.47. The molecule has 1 unspecified atom stereocenters. The molecule has 1 atom stereocenters. The van der Waals surface area contributed by atoms with Crippen LogP contribution >= 0.6 is 0 Å². The molecule has 2 N–H and O–H groups in total. The Morgan fingerprint density at radius 1 is 1.25 bits per heavy atom. The fourth-order valence-corrected chi connectivity index (χ4v) is 2.56. The van der Waals surface area contributed by atoms with E-state index >= 15 is 0 Å². The van der Waals surface area contributed by atoms with Crippen LogP contribution in [-0.4, -0.2) is 41.5 Å². The molecule has 1 aliphatic carbocycles. The van der Waals surface area contributed by atoms with Crippen molar-refractivity contribution in [2.75, 3.05) is 7.05 Å². The lowest BCUT2D eigenvalue weighted by Gasteiger charge is -2.32. The molecule has 0 saturated heterocycles. The van der Waals surface area contributed by atoms with Crippen LogP contribution in [0.15, 0.2) is 0 Å². The van der Waals surface area contributed by atoms with Crippen molar-refractivity contribution in [2.45, 2.75) is 77.0 Å². The summed E-state index contributed by atoms with van der Waals surface area (Å²) in [5.41, 5.74) is 5.31. The molecular weight excluding hydrogens is 256 g/mol. The number of carbonyl (C=O) groups is 2. The molecule has 116 valence electrons. The predicted molar refractivity (Wildman–Crippen MR) is 78.1 cm³/mol. The molecule has 5 nitrogen and oxygen atoms in total. The summed E-state index contributed by atoms with van der Waals surface area (Å²) in [6.07, 6.45) is 5.55. The summed E-state index contributed by atoms with van der Waals surface area (Å²) in [5, 5.41) is 0. The Morgan fingerprint density at radius 3 is 2.30 bits per heavy atom. The van der Waals surface area contributed by atoms with Gasteiger partial charge in [-0.25, -0.2) is 0 Å². The standard InChI is InChI=1S/C15H28N2O3/c1-15(2,3)20-13(18)10-12(16)14(19)17(4)11-8-6-5-7-9-11/h11-12H,5-10,16H2,1-4H3. The van der Waals surface area contributed by atoms with Crippen LogP contribution in [0.1, 0.15) is 59.3 Å². The van der Waals surface area contributed by atoms with Gasteiger partial charge in [0.2, 0.25) is 5.91 Å². The highest BCUT2D eigenvalue weighted by molar-refractivity contribution is 5.86. The maximum atomic E-state index is 12.2. The van der Waals surface area contributed by atoms with Gasteiger partial charge in [0.05, 0.1) is 12.5 Å². The first-order valence-corrected chi connectivity index (χ1v) is 7.45. The van der Waals surface area contributed by atoms with Crippen molar-refractivity contribution in [1.29, 1.82) is 0 Å². The van der Waals surface area contributed by atoms with Crippen LogP contribution in [0, 0.1) is 0 Å². The summed E-state index contributed by atoms with van der Waals surface area (Å²) >= 11 is 0. The van der Waals surface area contributed by atoms with E-state index < -0.39 is 17.6 Å². The molecule has 5 heteroatoms. The molecule has 1 saturated carbocycles. The van der Waals surface area contributed by atoms with E-state index in [4.69, 9.17) is 10.5 Å². The highest BCUT2D eigenvalue weighted by Gasteiger charge is 2.28. The van der Waals surface area contributed by atoms with Gasteiger partial charge in [0.1, 0.15) is 5.60 Å². The quantitative estimate of drug-likeness (QED) is 0.799. The summed E-state index contributed by atoms with van der Waals surface area (Å²) < 4.78 is 5.19. The number of likely N-dealkylation sites (N-methyl/N-ethyl adjacent to an activating group) is 1. The summed E-state index contributed by atoms with van der Waals surface area (Å²) in [7, 11) is 1.78. The molecule has 0 aromatic carbocycles. The minimum atomic E-state index is -0.809. The molecule has 0 bridgehead atoms. The lowest BCUT2D eigenvalue weighted by atomic mass is 9.94. The molecule has 1 fully saturated rings.